The van der Waals surface area contributed by atoms with Crippen molar-refractivity contribution >= 4 is 44.1 Å². The van der Waals surface area contributed by atoms with Crippen LogP contribution in [0.1, 0.15) is 79.1 Å². The van der Waals surface area contributed by atoms with Crippen LogP contribution in [-0.4, -0.2) is 66.3 Å². The number of unbranched alkanes of at least 4 members (excludes halogenated alkanes) is 4. The summed E-state index contributed by atoms with van der Waals surface area (Å²) in [6.07, 6.45) is 7.23. The summed E-state index contributed by atoms with van der Waals surface area (Å²) in [5, 5.41) is 3.17. The van der Waals surface area contributed by atoms with E-state index in [0.717, 1.165) is 84.4 Å². The summed E-state index contributed by atoms with van der Waals surface area (Å²) in [6.45, 7) is 10.5. The maximum absolute atomic E-state index is 6.82. The van der Waals surface area contributed by atoms with Crippen molar-refractivity contribution in [2.45, 2.75) is 79.1 Å². The lowest BCUT2D eigenvalue weighted by Gasteiger charge is -2.21. The molecule has 0 aliphatic carbocycles. The number of ether oxygens (including phenoxy) is 4. The first-order valence-corrected chi connectivity index (χ1v) is 21.5. The summed E-state index contributed by atoms with van der Waals surface area (Å²) >= 11 is 0. The van der Waals surface area contributed by atoms with E-state index in [2.05, 4.69) is 37.7 Å². The fourth-order valence-corrected chi connectivity index (χ4v) is 7.60. The molecule has 12 heteroatoms. The normalized spacial score (nSPS) is 11.8. The molecule has 0 saturated heterocycles. The van der Waals surface area contributed by atoms with Gasteiger partial charge in [-0.15, -0.1) is 0 Å². The van der Waals surface area contributed by atoms with E-state index in [4.69, 9.17) is 48.9 Å². The van der Waals surface area contributed by atoms with Crippen LogP contribution >= 0.6 is 0 Å². The van der Waals surface area contributed by atoms with Crippen LogP contribution in [0.3, 0.4) is 0 Å². The van der Waals surface area contributed by atoms with Crippen molar-refractivity contribution in [3.8, 4) is 68.5 Å². The largest absolute Gasteiger partial charge is 0.489 e. The van der Waals surface area contributed by atoms with E-state index >= 15 is 0 Å². The minimum Gasteiger partial charge on any atom is -0.489 e. The Kier molecular flexibility index (Phi) is 11.3. The second-order valence-electron chi connectivity index (χ2n) is 15.1. The molecule has 306 valence electrons. The van der Waals surface area contributed by atoms with Gasteiger partial charge in [-0.3, -0.25) is 0 Å². The average molecular weight is 803 g/mol. The second kappa shape index (κ2) is 17.3. The molecule has 0 fully saturated rings. The summed E-state index contributed by atoms with van der Waals surface area (Å²) < 4.78 is 27.1. The smallest absolute Gasteiger partial charge is 0.208 e. The zero-order chi connectivity index (χ0) is 41.0. The molecule has 0 radical (unpaired) electrons. The van der Waals surface area contributed by atoms with E-state index in [0.29, 0.717) is 106 Å². The first kappa shape index (κ1) is 38.9. The Bertz CT molecular complexity index is 2680. The summed E-state index contributed by atoms with van der Waals surface area (Å²) in [5.74, 6) is 4.13. The molecule has 2 aliphatic rings. The lowest BCUT2D eigenvalue weighted by molar-refractivity contribution is 0.225. The molecule has 9 rings (SSSR count). The monoisotopic (exact) mass is 802 g/mol. The van der Waals surface area contributed by atoms with Crippen molar-refractivity contribution in [1.82, 2.24) is 39.9 Å². The Hall–Kier alpha value is -6.56. The Balaban J connectivity index is 1.47. The summed E-state index contributed by atoms with van der Waals surface area (Å²) in [4.78, 5) is 38.4. The molecule has 2 N–H and O–H groups in total. The number of nitrogens with one attached hydrogen (secondary N) is 2. The van der Waals surface area contributed by atoms with Crippen LogP contribution < -0.4 is 18.9 Å². The number of rotatable bonds is 16. The topological polar surface area (TPSA) is 146 Å². The van der Waals surface area contributed by atoms with Crippen LogP contribution in [0.25, 0.3) is 89.7 Å². The highest BCUT2D eigenvalue weighted by Crippen LogP contribution is 2.54. The fourth-order valence-electron chi connectivity index (χ4n) is 7.60. The number of benzene rings is 4. The van der Waals surface area contributed by atoms with Gasteiger partial charge in [0, 0.05) is 33.0 Å². The molecular weight excluding hydrogens is 753 g/mol. The molecule has 3 aromatic heterocycles. The van der Waals surface area contributed by atoms with Crippen LogP contribution in [0.5, 0.6) is 23.0 Å². The van der Waals surface area contributed by atoms with Gasteiger partial charge in [-0.1, -0.05) is 126 Å². The van der Waals surface area contributed by atoms with Gasteiger partial charge >= 0.3 is 0 Å². The van der Waals surface area contributed by atoms with Gasteiger partial charge in [0.05, 0.1) is 37.2 Å². The quantitative estimate of drug-likeness (QED) is 0.0905. The number of hydrogen-bond donors (Lipinski definition) is 2. The average Bonchev–Trinajstić information content (AvgIpc) is 4.01. The van der Waals surface area contributed by atoms with Gasteiger partial charge in [-0.25, -0.2) is 29.9 Å². The predicted molar refractivity (Wildman–Crippen MR) is 238 cm³/mol. The highest BCUT2D eigenvalue weighted by atomic mass is 16.6. The third kappa shape index (κ3) is 7.24. The first-order valence-electron chi connectivity index (χ1n) is 21.5. The van der Waals surface area contributed by atoms with Gasteiger partial charge in [-0.2, -0.15) is 0 Å². The molecule has 2 aliphatic heterocycles. The summed E-state index contributed by atoms with van der Waals surface area (Å²) in [5.41, 5.74) is 5.70. The molecular formula is C48H50N8O4. The van der Waals surface area contributed by atoms with E-state index in [1.807, 2.05) is 72.8 Å². The lowest BCUT2D eigenvalue weighted by atomic mass is 10.1. The number of H-pyrrole nitrogens is 2. The molecule has 5 heterocycles. The molecule has 12 nitrogen and oxygen atoms in total. The number of aromatic amines is 2. The van der Waals surface area contributed by atoms with E-state index in [9.17, 15) is 0 Å². The van der Waals surface area contributed by atoms with E-state index < -0.39 is 0 Å². The van der Waals surface area contributed by atoms with Gasteiger partial charge in [0.1, 0.15) is 22.6 Å². The van der Waals surface area contributed by atoms with Crippen molar-refractivity contribution in [2.75, 3.05) is 26.4 Å². The molecule has 7 aromatic rings. The van der Waals surface area contributed by atoms with Gasteiger partial charge in [0.25, 0.3) is 0 Å². The second-order valence-corrected chi connectivity index (χ2v) is 15.1. The highest BCUT2D eigenvalue weighted by Gasteiger charge is 2.31. The minimum atomic E-state index is 0.462. The van der Waals surface area contributed by atoms with Crippen LogP contribution in [0.2, 0.25) is 0 Å². The molecule has 0 amide bonds. The maximum atomic E-state index is 6.82. The predicted octanol–water partition coefficient (Wildman–Crippen LogP) is 11.6. The molecule has 8 bridgehead atoms. The SMILES string of the molecule is CCCCOc1c(OCCCC)c(OCCCC)c2c3nc4nc(nc5[nH]c(nc6nc(nc([nH]3)c2c1OCCCC)-c1ccccc1-6)c1ccccc51)-c1ccccc1-4. The third-order valence-corrected chi connectivity index (χ3v) is 10.8. The number of hydrogen-bond acceptors (Lipinski definition) is 10. The minimum absolute atomic E-state index is 0.462. The lowest BCUT2D eigenvalue weighted by Crippen LogP contribution is -2.09. The maximum Gasteiger partial charge on any atom is 0.208 e. The zero-order valence-electron chi connectivity index (χ0n) is 34.7. The molecule has 4 aromatic carbocycles. The Morgan fingerprint density at radius 3 is 1.02 bits per heavy atom. The molecule has 0 saturated carbocycles. The van der Waals surface area contributed by atoms with Crippen LogP contribution in [0.4, 0.5) is 0 Å². The van der Waals surface area contributed by atoms with Crippen LogP contribution in [-0.2, 0) is 0 Å². The first-order chi connectivity index (χ1) is 29.6. The Labute approximate surface area is 348 Å². The van der Waals surface area contributed by atoms with E-state index in [1.165, 1.54) is 0 Å². The Morgan fingerprint density at radius 1 is 0.367 bits per heavy atom. The van der Waals surface area contributed by atoms with Crippen LogP contribution in [0.15, 0.2) is 72.8 Å². The Morgan fingerprint density at radius 2 is 0.667 bits per heavy atom. The van der Waals surface area contributed by atoms with Crippen LogP contribution in [0, 0.1) is 0 Å². The van der Waals surface area contributed by atoms with Crippen molar-refractivity contribution < 1.29 is 18.9 Å². The number of nitrogens with zero attached hydrogens (tertiary/aromatic N) is 6. The molecule has 60 heavy (non-hydrogen) atoms. The standard InChI is InChI=1S/C48H50N8O4/c1-5-9-25-57-37-35-36(38(58-26-10-6-2)40(60-28-12-8-4)39(37)59-27-11-7-3)48-55-46-34-24-18-16-22-32(34)44(53-46)51-42-30-20-14-13-19-29(30)41(49-42)50-43-31-21-15-17-23-33(31)45(52-43)54-47(35)56-48/h13-24H,5-12,25-28H2,1-4H3,(H2,49,50,51,52,53,54,55,56). The summed E-state index contributed by atoms with van der Waals surface area (Å²) in [6, 6.07) is 24.2. The van der Waals surface area contributed by atoms with Crippen molar-refractivity contribution in [3.05, 3.63) is 72.8 Å². The van der Waals surface area contributed by atoms with Gasteiger partial charge < -0.3 is 28.9 Å². The van der Waals surface area contributed by atoms with E-state index in [-0.39, 0.29) is 0 Å². The fraction of sp³-hybridized carbons (Fsp3) is 0.333. The van der Waals surface area contributed by atoms with Crippen molar-refractivity contribution in [1.29, 1.82) is 0 Å². The number of aromatic nitrogens is 8. The zero-order valence-corrected chi connectivity index (χ0v) is 34.7. The third-order valence-electron chi connectivity index (χ3n) is 10.8. The summed E-state index contributed by atoms with van der Waals surface area (Å²) in [7, 11) is 0. The van der Waals surface area contributed by atoms with Crippen molar-refractivity contribution in [2.24, 2.45) is 0 Å². The highest BCUT2D eigenvalue weighted by molar-refractivity contribution is 6.14. The van der Waals surface area contributed by atoms with Crippen molar-refractivity contribution in [3.63, 3.8) is 0 Å². The van der Waals surface area contributed by atoms with Gasteiger partial charge in [-0.05, 0) is 25.7 Å². The molecule has 0 atom stereocenters. The van der Waals surface area contributed by atoms with E-state index in [1.54, 1.807) is 0 Å². The van der Waals surface area contributed by atoms with Gasteiger partial charge in [0.2, 0.25) is 11.5 Å². The van der Waals surface area contributed by atoms with Gasteiger partial charge in [0.15, 0.2) is 34.8 Å². The molecule has 0 spiro atoms. The molecule has 0 unspecified atom stereocenters. The number of fused-ring (bicyclic) bond motifs is 20.